The monoisotopic (exact) mass is 420 g/mol. The second-order valence-electron chi connectivity index (χ2n) is 8.69. The highest BCUT2D eigenvalue weighted by Crippen LogP contribution is 2.34. The van der Waals surface area contributed by atoms with Crippen LogP contribution in [0.2, 0.25) is 0 Å². The highest BCUT2D eigenvalue weighted by Gasteiger charge is 2.35. The lowest BCUT2D eigenvalue weighted by molar-refractivity contribution is -0.0361. The molecule has 2 atom stereocenters. The molecule has 164 valence electrons. The Hall–Kier alpha value is -2.29. The lowest BCUT2D eigenvalue weighted by atomic mass is 9.92. The second-order valence-corrected chi connectivity index (χ2v) is 8.69. The van der Waals surface area contributed by atoms with E-state index in [0.717, 1.165) is 30.3 Å². The zero-order valence-electron chi connectivity index (χ0n) is 18.0. The number of aromatic nitrogens is 4. The summed E-state index contributed by atoms with van der Waals surface area (Å²) in [7, 11) is 0. The van der Waals surface area contributed by atoms with E-state index in [2.05, 4.69) is 20.3 Å². The van der Waals surface area contributed by atoms with Crippen molar-refractivity contribution < 1.29 is 13.5 Å². The Balaban J connectivity index is 1.65. The maximum absolute atomic E-state index is 13.5. The van der Waals surface area contributed by atoms with Crippen LogP contribution in [0.1, 0.15) is 50.9 Å². The Bertz CT molecular complexity index is 882. The minimum absolute atomic E-state index is 0.0248. The van der Waals surface area contributed by atoms with Gasteiger partial charge in [-0.25, -0.2) is 13.5 Å². The number of aryl methyl sites for hydroxylation is 2. The van der Waals surface area contributed by atoms with Crippen molar-refractivity contribution in [2.24, 2.45) is 0 Å². The van der Waals surface area contributed by atoms with Crippen LogP contribution in [0, 0.1) is 13.8 Å². The molecule has 1 aliphatic heterocycles. The third-order valence-corrected chi connectivity index (χ3v) is 5.71. The fourth-order valence-electron chi connectivity index (χ4n) is 4.34. The minimum Gasteiger partial charge on any atom is -0.372 e. The molecule has 2 aliphatic rings. The van der Waals surface area contributed by atoms with Gasteiger partial charge in [0.15, 0.2) is 0 Å². The van der Waals surface area contributed by atoms with Crippen molar-refractivity contribution in [1.82, 2.24) is 19.7 Å². The fourth-order valence-corrected chi connectivity index (χ4v) is 4.34. The Kier molecular flexibility index (Phi) is 5.65. The number of morpholine rings is 1. The van der Waals surface area contributed by atoms with Gasteiger partial charge >= 0.3 is 0 Å². The number of halogens is 2. The lowest BCUT2D eigenvalue weighted by Crippen LogP contribution is -2.46. The van der Waals surface area contributed by atoms with Crippen molar-refractivity contribution in [3.63, 3.8) is 0 Å². The van der Waals surface area contributed by atoms with Gasteiger partial charge in [-0.3, -0.25) is 0 Å². The quantitative estimate of drug-likeness (QED) is 0.810. The Morgan fingerprint density at radius 1 is 1.07 bits per heavy atom. The van der Waals surface area contributed by atoms with Crippen LogP contribution in [0.4, 0.5) is 20.4 Å². The van der Waals surface area contributed by atoms with Gasteiger partial charge in [-0.2, -0.15) is 15.1 Å². The Labute approximate surface area is 175 Å². The first-order valence-corrected chi connectivity index (χ1v) is 10.7. The maximum atomic E-state index is 13.5. The third-order valence-electron chi connectivity index (χ3n) is 5.71. The third kappa shape index (κ3) is 4.71. The van der Waals surface area contributed by atoms with Crippen LogP contribution in [0.5, 0.6) is 0 Å². The van der Waals surface area contributed by atoms with E-state index >= 15 is 0 Å². The van der Waals surface area contributed by atoms with E-state index in [-0.39, 0.29) is 31.1 Å². The molecule has 1 saturated carbocycles. The molecule has 30 heavy (non-hydrogen) atoms. The van der Waals surface area contributed by atoms with E-state index < -0.39 is 5.92 Å². The van der Waals surface area contributed by atoms with Crippen molar-refractivity contribution in [2.75, 3.05) is 23.3 Å². The number of rotatable bonds is 4. The molecule has 1 aliphatic carbocycles. The summed E-state index contributed by atoms with van der Waals surface area (Å²) in [6.45, 7) is 9.45. The Morgan fingerprint density at radius 3 is 2.33 bits per heavy atom. The summed E-state index contributed by atoms with van der Waals surface area (Å²) in [5.74, 6) is -0.638. The zero-order chi connectivity index (χ0) is 21.5. The summed E-state index contributed by atoms with van der Waals surface area (Å²) in [5, 5.41) is 7.90. The van der Waals surface area contributed by atoms with Crippen LogP contribution in [0.3, 0.4) is 0 Å². The SMILES string of the molecule is Cc1cc(C)n(-c2nc(NC3CCC(F)(F)CC3)cc(N3CC(C)OC(C)C3)n2)n1. The van der Waals surface area contributed by atoms with Crippen molar-refractivity contribution in [3.8, 4) is 5.95 Å². The van der Waals surface area contributed by atoms with Crippen molar-refractivity contribution in [3.05, 3.63) is 23.5 Å². The number of nitrogens with zero attached hydrogens (tertiary/aromatic N) is 5. The molecule has 1 N–H and O–H groups in total. The van der Waals surface area contributed by atoms with Crippen LogP contribution in [-0.4, -0.2) is 57.0 Å². The summed E-state index contributed by atoms with van der Waals surface area (Å²) in [4.78, 5) is 11.7. The molecule has 7 nitrogen and oxygen atoms in total. The van der Waals surface area contributed by atoms with Gasteiger partial charge in [0.2, 0.25) is 5.92 Å². The summed E-state index contributed by atoms with van der Waals surface area (Å²) in [6, 6.07) is 3.86. The summed E-state index contributed by atoms with van der Waals surface area (Å²) >= 11 is 0. The molecule has 9 heteroatoms. The van der Waals surface area contributed by atoms with Crippen molar-refractivity contribution in [1.29, 1.82) is 0 Å². The molecule has 0 aromatic carbocycles. The van der Waals surface area contributed by atoms with E-state index in [1.807, 2.05) is 39.8 Å². The number of alkyl halides is 2. The Morgan fingerprint density at radius 2 is 1.73 bits per heavy atom. The molecule has 0 spiro atoms. The van der Waals surface area contributed by atoms with Gasteiger partial charge in [0.1, 0.15) is 11.6 Å². The number of hydrogen-bond acceptors (Lipinski definition) is 6. The molecule has 4 rings (SSSR count). The number of hydrogen-bond donors (Lipinski definition) is 1. The molecular weight excluding hydrogens is 390 g/mol. The standard InChI is InChI=1S/C21H30F2N6O/c1-13-9-14(2)29(27-13)20-25-18(24-17-5-7-21(22,23)8-6-17)10-19(26-20)28-11-15(3)30-16(4)12-28/h9-10,15-17H,5-8,11-12H2,1-4H3,(H,24,25,26). The van der Waals surface area contributed by atoms with E-state index in [1.54, 1.807) is 4.68 Å². The highest BCUT2D eigenvalue weighted by atomic mass is 19.3. The average Bonchev–Trinajstić information content (AvgIpc) is 3.01. The normalized spacial score (nSPS) is 24.8. The van der Waals surface area contributed by atoms with Gasteiger partial charge in [0.25, 0.3) is 5.95 Å². The van der Waals surface area contributed by atoms with Crippen LogP contribution >= 0.6 is 0 Å². The molecule has 0 radical (unpaired) electrons. The van der Waals surface area contributed by atoms with E-state index in [1.165, 1.54) is 0 Å². The van der Waals surface area contributed by atoms with Gasteiger partial charge in [-0.15, -0.1) is 0 Å². The van der Waals surface area contributed by atoms with Crippen molar-refractivity contribution >= 4 is 11.6 Å². The zero-order valence-corrected chi connectivity index (χ0v) is 18.0. The first-order valence-electron chi connectivity index (χ1n) is 10.7. The summed E-state index contributed by atoms with van der Waals surface area (Å²) in [6.07, 6.45) is 0.854. The van der Waals surface area contributed by atoms with Gasteiger partial charge < -0.3 is 15.0 Å². The minimum atomic E-state index is -2.55. The largest absolute Gasteiger partial charge is 0.372 e. The molecule has 2 aromatic heterocycles. The number of anilines is 2. The van der Waals surface area contributed by atoms with E-state index in [9.17, 15) is 8.78 Å². The smallest absolute Gasteiger partial charge is 0.254 e. The summed E-state index contributed by atoms with van der Waals surface area (Å²) in [5.41, 5.74) is 1.83. The van der Waals surface area contributed by atoms with Crippen LogP contribution < -0.4 is 10.2 Å². The van der Waals surface area contributed by atoms with E-state index in [4.69, 9.17) is 9.72 Å². The molecular formula is C21H30F2N6O. The molecule has 2 fully saturated rings. The lowest BCUT2D eigenvalue weighted by Gasteiger charge is -2.36. The maximum Gasteiger partial charge on any atom is 0.254 e. The summed E-state index contributed by atoms with van der Waals surface area (Å²) < 4.78 is 34.7. The van der Waals surface area contributed by atoms with Crippen LogP contribution in [0.25, 0.3) is 5.95 Å². The van der Waals surface area contributed by atoms with Gasteiger partial charge in [0.05, 0.1) is 17.9 Å². The van der Waals surface area contributed by atoms with Crippen LogP contribution in [0.15, 0.2) is 12.1 Å². The van der Waals surface area contributed by atoms with Gasteiger partial charge in [-0.1, -0.05) is 0 Å². The molecule has 0 amide bonds. The van der Waals surface area contributed by atoms with Crippen LogP contribution in [-0.2, 0) is 4.74 Å². The predicted molar refractivity (Wildman–Crippen MR) is 112 cm³/mol. The second kappa shape index (κ2) is 8.09. The molecule has 2 unspecified atom stereocenters. The topological polar surface area (TPSA) is 68.1 Å². The predicted octanol–water partition coefficient (Wildman–Crippen LogP) is 3.88. The van der Waals surface area contributed by atoms with E-state index in [0.29, 0.717) is 24.6 Å². The number of ether oxygens (including phenoxy) is 1. The molecule has 1 saturated heterocycles. The highest BCUT2D eigenvalue weighted by molar-refractivity contribution is 5.52. The fraction of sp³-hybridized carbons (Fsp3) is 0.667. The van der Waals surface area contributed by atoms with Gasteiger partial charge in [0, 0.05) is 43.7 Å². The average molecular weight is 421 g/mol. The first-order chi connectivity index (χ1) is 14.2. The molecule has 2 aromatic rings. The molecule has 3 heterocycles. The first kappa shape index (κ1) is 21.0. The van der Waals surface area contributed by atoms with Gasteiger partial charge in [-0.05, 0) is 46.6 Å². The van der Waals surface area contributed by atoms with Crippen molar-refractivity contribution in [2.45, 2.75) is 77.6 Å². The molecule has 0 bridgehead atoms. The number of nitrogens with one attached hydrogen (secondary N) is 1.